The molecule has 0 unspecified atom stereocenters. The van der Waals surface area contributed by atoms with Crippen molar-refractivity contribution >= 4 is 43.6 Å². The zero-order chi connectivity index (χ0) is 60.8. The molecule has 0 aliphatic carbocycles. The lowest BCUT2D eigenvalue weighted by Crippen LogP contribution is -2.04. The summed E-state index contributed by atoms with van der Waals surface area (Å²) in [6.45, 7) is 0. The Labute approximate surface area is 517 Å². The Morgan fingerprint density at radius 3 is 0.878 bits per heavy atom. The number of nitriles is 5. The van der Waals surface area contributed by atoms with Crippen LogP contribution in [0.5, 0.6) is 0 Å². The third-order valence-corrected chi connectivity index (χ3v) is 16.8. The lowest BCUT2D eigenvalue weighted by atomic mass is 9.96. The van der Waals surface area contributed by atoms with Gasteiger partial charge < -0.3 is 9.13 Å². The molecule has 15 aromatic rings. The maximum absolute atomic E-state index is 11.0. The summed E-state index contributed by atoms with van der Waals surface area (Å²) in [5.74, 6) is 1.44. The van der Waals surface area contributed by atoms with Crippen molar-refractivity contribution in [2.24, 2.45) is 0 Å². The highest BCUT2D eigenvalue weighted by atomic mass is 15.0. The van der Waals surface area contributed by atoms with Crippen molar-refractivity contribution < 1.29 is 0 Å². The molecule has 0 N–H and O–H groups in total. The van der Waals surface area contributed by atoms with Gasteiger partial charge in [0.1, 0.15) is 0 Å². The monoisotopic (exact) mass is 1140 g/mol. The summed E-state index contributed by atoms with van der Waals surface area (Å²) in [5, 5.41) is 56.2. The fourth-order valence-electron chi connectivity index (χ4n) is 12.6. The van der Waals surface area contributed by atoms with Gasteiger partial charge in [-0.15, -0.1) is 0 Å². The Bertz CT molecular complexity index is 5400. The molecule has 0 radical (unpaired) electrons. The van der Waals surface area contributed by atoms with Gasteiger partial charge in [0, 0.05) is 49.4 Å². The largest absolute Gasteiger partial charge is 0.309 e. The SMILES string of the molecule is N#Cc1ccc(-n2c3ccc(-c4ccccc4C#N)cc3c3cc(-c4ccccc4C#N)ccc32)c(-c2cc(-c3nc(-c4ccccc4)nc(-c4ccccc4)n3)ccc2-n2c3ccc(-c4ccccc4C#N)cc3c3cc(-c4ccccc4C#N)ccc32)c1. The van der Waals surface area contributed by atoms with E-state index < -0.39 is 0 Å². The first-order valence-corrected chi connectivity index (χ1v) is 29.1. The lowest BCUT2D eigenvalue weighted by Gasteiger charge is -2.20. The fourth-order valence-corrected chi connectivity index (χ4v) is 12.6. The van der Waals surface area contributed by atoms with Crippen molar-refractivity contribution in [3.05, 3.63) is 295 Å². The standard InChI is InChI=1S/C80H44N10/c81-45-50-27-33-72(89-73-34-28-53(62-23-11-7-19-58(62)46-82)40-67(73)68-41-54(29-35-74(68)89)63-24-12-8-20-59(63)47-83)66(39-50)71-44-57(80-87-78(51-15-3-1-4-16-51)86-79(88-80)52-17-5-2-6-18-52)32-38-77(71)90-75-36-30-55(64-25-13-9-21-60(64)48-84)42-69(75)70-43-56(31-37-76(70)90)65-26-14-10-22-61(65)49-85/h1-44H. The van der Waals surface area contributed by atoms with Crippen LogP contribution in [0.15, 0.2) is 267 Å². The number of fused-ring (bicyclic) bond motifs is 6. The number of hydrogen-bond acceptors (Lipinski definition) is 8. The van der Waals surface area contributed by atoms with Gasteiger partial charge in [-0.25, -0.2) is 15.0 Å². The van der Waals surface area contributed by atoms with Gasteiger partial charge in [0.05, 0.1) is 91.6 Å². The molecular weight excluding hydrogens is 1100 g/mol. The molecule has 0 fully saturated rings. The number of rotatable bonds is 10. The summed E-state index contributed by atoms with van der Waals surface area (Å²) in [7, 11) is 0. The van der Waals surface area contributed by atoms with Crippen molar-refractivity contribution in [3.8, 4) is 132 Å². The summed E-state index contributed by atoms with van der Waals surface area (Å²) in [6.07, 6.45) is 0. The Morgan fingerprint density at radius 1 is 0.233 bits per heavy atom. The van der Waals surface area contributed by atoms with Crippen molar-refractivity contribution in [3.63, 3.8) is 0 Å². The van der Waals surface area contributed by atoms with E-state index in [1.807, 2.05) is 182 Å². The van der Waals surface area contributed by atoms with Gasteiger partial charge in [-0.2, -0.15) is 26.3 Å². The highest BCUT2D eigenvalue weighted by Gasteiger charge is 2.25. The molecule has 0 amide bonds. The molecule has 0 spiro atoms. The van der Waals surface area contributed by atoms with E-state index in [4.69, 9.17) is 15.0 Å². The zero-order valence-electron chi connectivity index (χ0n) is 47.9. The maximum Gasteiger partial charge on any atom is 0.164 e. The Hall–Kier alpha value is -13.3. The second-order valence-corrected chi connectivity index (χ2v) is 21.8. The van der Waals surface area contributed by atoms with E-state index in [-0.39, 0.29) is 0 Å². The first-order chi connectivity index (χ1) is 44.4. The Kier molecular flexibility index (Phi) is 13.2. The van der Waals surface area contributed by atoms with Crippen LogP contribution >= 0.6 is 0 Å². The van der Waals surface area contributed by atoms with E-state index in [2.05, 4.69) is 124 Å². The molecule has 0 aliphatic rings. The predicted octanol–water partition coefficient (Wildman–Crippen LogP) is 18.8. The van der Waals surface area contributed by atoms with Crippen LogP contribution in [0.1, 0.15) is 27.8 Å². The highest BCUT2D eigenvalue weighted by Crippen LogP contribution is 2.46. The van der Waals surface area contributed by atoms with Gasteiger partial charge >= 0.3 is 0 Å². The van der Waals surface area contributed by atoms with Gasteiger partial charge in [0.25, 0.3) is 0 Å². The quantitative estimate of drug-likeness (QED) is 0.130. The average Bonchev–Trinajstić information content (AvgIpc) is 1.58. The first kappa shape index (κ1) is 53.4. The van der Waals surface area contributed by atoms with E-state index in [9.17, 15) is 26.3 Å². The third-order valence-electron chi connectivity index (χ3n) is 16.8. The second kappa shape index (κ2) is 22.3. The molecule has 10 nitrogen and oxygen atoms in total. The van der Waals surface area contributed by atoms with Crippen LogP contribution in [-0.4, -0.2) is 24.1 Å². The van der Waals surface area contributed by atoms with E-state index in [0.29, 0.717) is 50.9 Å². The van der Waals surface area contributed by atoms with Crippen LogP contribution in [0.4, 0.5) is 0 Å². The van der Waals surface area contributed by atoms with Gasteiger partial charge in [0.15, 0.2) is 17.5 Å². The van der Waals surface area contributed by atoms with Crippen molar-refractivity contribution in [2.75, 3.05) is 0 Å². The molecule has 414 valence electrons. The van der Waals surface area contributed by atoms with E-state index in [1.165, 1.54) is 0 Å². The summed E-state index contributed by atoms with van der Waals surface area (Å²) < 4.78 is 4.50. The van der Waals surface area contributed by atoms with Crippen molar-refractivity contribution in [2.45, 2.75) is 0 Å². The topological polar surface area (TPSA) is 167 Å². The summed E-state index contributed by atoms with van der Waals surface area (Å²) >= 11 is 0. The van der Waals surface area contributed by atoms with Crippen LogP contribution in [0, 0.1) is 56.7 Å². The van der Waals surface area contributed by atoms with Crippen molar-refractivity contribution in [1.29, 1.82) is 26.3 Å². The third kappa shape index (κ3) is 9.14. The molecule has 90 heavy (non-hydrogen) atoms. The van der Waals surface area contributed by atoms with Gasteiger partial charge in [-0.1, -0.05) is 158 Å². The molecule has 0 aliphatic heterocycles. The van der Waals surface area contributed by atoms with E-state index in [1.54, 1.807) is 0 Å². The predicted molar refractivity (Wildman–Crippen MR) is 356 cm³/mol. The molecule has 0 saturated carbocycles. The molecule has 12 aromatic carbocycles. The lowest BCUT2D eigenvalue weighted by molar-refractivity contribution is 1.07. The molecule has 3 aromatic heterocycles. The molecule has 15 rings (SSSR count). The molecular formula is C80H44N10. The van der Waals surface area contributed by atoms with Crippen LogP contribution in [0.3, 0.4) is 0 Å². The second-order valence-electron chi connectivity index (χ2n) is 21.8. The smallest absolute Gasteiger partial charge is 0.164 e. The maximum atomic E-state index is 11.0. The summed E-state index contributed by atoms with van der Waals surface area (Å²) in [4.78, 5) is 15.5. The number of benzene rings is 12. The van der Waals surface area contributed by atoms with Crippen LogP contribution in [-0.2, 0) is 0 Å². The first-order valence-electron chi connectivity index (χ1n) is 29.1. The Morgan fingerprint density at radius 2 is 0.533 bits per heavy atom. The summed E-state index contributed by atoms with van der Waals surface area (Å²) in [5.41, 5.74) is 18.1. The normalized spacial score (nSPS) is 11.1. The minimum absolute atomic E-state index is 0.429. The zero-order valence-corrected chi connectivity index (χ0v) is 47.9. The highest BCUT2D eigenvalue weighted by molar-refractivity contribution is 6.14. The Balaban J connectivity index is 1.05. The van der Waals surface area contributed by atoms with Gasteiger partial charge in [-0.3, -0.25) is 0 Å². The molecule has 0 bridgehead atoms. The van der Waals surface area contributed by atoms with Gasteiger partial charge in [-0.05, 0) is 154 Å². The van der Waals surface area contributed by atoms with Gasteiger partial charge in [0.2, 0.25) is 0 Å². The van der Waals surface area contributed by atoms with Crippen LogP contribution < -0.4 is 0 Å². The van der Waals surface area contributed by atoms with Crippen LogP contribution in [0.2, 0.25) is 0 Å². The molecule has 0 saturated heterocycles. The molecule has 0 atom stereocenters. The minimum Gasteiger partial charge on any atom is -0.309 e. The molecule has 3 heterocycles. The average molecular weight is 1150 g/mol. The van der Waals surface area contributed by atoms with E-state index >= 15 is 0 Å². The number of hydrogen-bond donors (Lipinski definition) is 0. The number of nitrogens with zero attached hydrogens (tertiary/aromatic N) is 10. The van der Waals surface area contributed by atoms with Crippen molar-refractivity contribution in [1.82, 2.24) is 24.1 Å². The fraction of sp³-hybridized carbons (Fsp3) is 0. The minimum atomic E-state index is 0.429. The summed E-state index contributed by atoms with van der Waals surface area (Å²) in [6, 6.07) is 99.5. The van der Waals surface area contributed by atoms with E-state index in [0.717, 1.165) is 122 Å². The number of aromatic nitrogens is 5. The van der Waals surface area contributed by atoms with Crippen LogP contribution in [0.25, 0.3) is 145 Å². The molecule has 10 heteroatoms.